The molecule has 1 fully saturated rings. The third-order valence-electron chi connectivity index (χ3n) is 3.58. The molecule has 1 aliphatic heterocycles. The first-order valence-corrected chi connectivity index (χ1v) is 6.93. The number of amides is 1. The van der Waals surface area contributed by atoms with E-state index < -0.39 is 0 Å². The monoisotopic (exact) mass is 280 g/mol. The molecule has 6 heteroatoms. The van der Waals surface area contributed by atoms with Gasteiger partial charge in [0.05, 0.1) is 18.2 Å². The van der Waals surface area contributed by atoms with Crippen molar-refractivity contribution in [3.63, 3.8) is 0 Å². The average molecular weight is 280 g/mol. The van der Waals surface area contributed by atoms with Gasteiger partial charge in [0, 0.05) is 13.1 Å². The van der Waals surface area contributed by atoms with Crippen LogP contribution in [0.1, 0.15) is 41.6 Å². The summed E-state index contributed by atoms with van der Waals surface area (Å²) in [5.41, 5.74) is 1.10. The molecular formula is C14H20N2O4. The average Bonchev–Trinajstić information content (AvgIpc) is 2.78. The van der Waals surface area contributed by atoms with Crippen LogP contribution in [0.15, 0.2) is 4.52 Å². The van der Waals surface area contributed by atoms with E-state index in [-0.39, 0.29) is 17.8 Å². The highest BCUT2D eigenvalue weighted by molar-refractivity contribution is 5.96. The number of rotatable bonds is 3. The molecule has 110 valence electrons. The second kappa shape index (κ2) is 6.07. The van der Waals surface area contributed by atoms with Crippen molar-refractivity contribution in [1.29, 1.82) is 0 Å². The van der Waals surface area contributed by atoms with E-state index in [1.807, 2.05) is 0 Å². The van der Waals surface area contributed by atoms with Crippen LogP contribution in [0.3, 0.4) is 0 Å². The summed E-state index contributed by atoms with van der Waals surface area (Å²) in [4.78, 5) is 26.0. The second-order valence-electron chi connectivity index (χ2n) is 5.04. The molecule has 0 bridgehead atoms. The Morgan fingerprint density at radius 2 is 2.20 bits per heavy atom. The molecule has 0 radical (unpaired) electrons. The molecule has 1 aliphatic rings. The number of carbonyl (C=O) groups is 2. The van der Waals surface area contributed by atoms with Crippen LogP contribution < -0.4 is 0 Å². The lowest BCUT2D eigenvalue weighted by Crippen LogP contribution is -2.43. The first-order valence-electron chi connectivity index (χ1n) is 6.93. The Hall–Kier alpha value is -1.85. The first kappa shape index (κ1) is 14.6. The molecule has 1 aromatic heterocycles. The van der Waals surface area contributed by atoms with Crippen LogP contribution in [0.5, 0.6) is 0 Å². The highest BCUT2D eigenvalue weighted by Crippen LogP contribution is 2.22. The Morgan fingerprint density at radius 3 is 2.80 bits per heavy atom. The molecule has 2 heterocycles. The van der Waals surface area contributed by atoms with Crippen molar-refractivity contribution in [1.82, 2.24) is 10.1 Å². The largest absolute Gasteiger partial charge is 0.466 e. The zero-order valence-corrected chi connectivity index (χ0v) is 12.1. The number of hydrogen-bond acceptors (Lipinski definition) is 5. The van der Waals surface area contributed by atoms with Gasteiger partial charge in [-0.05, 0) is 33.6 Å². The van der Waals surface area contributed by atoms with Gasteiger partial charge in [0.25, 0.3) is 5.91 Å². The van der Waals surface area contributed by atoms with Gasteiger partial charge in [-0.2, -0.15) is 0 Å². The van der Waals surface area contributed by atoms with Crippen LogP contribution in [-0.2, 0) is 9.53 Å². The van der Waals surface area contributed by atoms with Gasteiger partial charge in [0.1, 0.15) is 11.3 Å². The van der Waals surface area contributed by atoms with E-state index in [0.29, 0.717) is 36.7 Å². The summed E-state index contributed by atoms with van der Waals surface area (Å²) in [6, 6.07) is 0. The molecule has 1 aromatic rings. The number of piperidine rings is 1. The number of likely N-dealkylation sites (tertiary alicyclic amines) is 1. The number of aryl methyl sites for hydroxylation is 2. The van der Waals surface area contributed by atoms with Gasteiger partial charge < -0.3 is 14.2 Å². The number of esters is 1. The van der Waals surface area contributed by atoms with Crippen molar-refractivity contribution >= 4 is 11.9 Å². The van der Waals surface area contributed by atoms with Crippen molar-refractivity contribution in [3.8, 4) is 0 Å². The summed E-state index contributed by atoms with van der Waals surface area (Å²) < 4.78 is 10.1. The quantitative estimate of drug-likeness (QED) is 0.788. The van der Waals surface area contributed by atoms with Crippen molar-refractivity contribution < 1.29 is 18.8 Å². The predicted octanol–water partition coefficient (Wildman–Crippen LogP) is 1.71. The SMILES string of the molecule is CCOC(=O)[C@@H]1CCCN(C(=O)c2c(C)noc2C)C1. The lowest BCUT2D eigenvalue weighted by molar-refractivity contribution is -0.149. The van der Waals surface area contributed by atoms with Crippen molar-refractivity contribution in [2.45, 2.75) is 33.6 Å². The second-order valence-corrected chi connectivity index (χ2v) is 5.04. The molecule has 0 aliphatic carbocycles. The summed E-state index contributed by atoms with van der Waals surface area (Å²) >= 11 is 0. The summed E-state index contributed by atoms with van der Waals surface area (Å²) in [5.74, 6) is -0.0436. The molecule has 0 saturated carbocycles. The minimum atomic E-state index is -0.229. The third kappa shape index (κ3) is 2.84. The van der Waals surface area contributed by atoms with Crippen molar-refractivity contribution in [3.05, 3.63) is 17.0 Å². The standard InChI is InChI=1S/C14H20N2O4/c1-4-19-14(18)11-6-5-7-16(8-11)13(17)12-9(2)15-20-10(12)3/h11H,4-8H2,1-3H3/t11-/m1/s1. The van der Waals surface area contributed by atoms with E-state index in [1.165, 1.54) is 0 Å². The number of carbonyl (C=O) groups excluding carboxylic acids is 2. The molecule has 1 atom stereocenters. The molecular weight excluding hydrogens is 260 g/mol. The minimum absolute atomic E-state index is 0.116. The summed E-state index contributed by atoms with van der Waals surface area (Å²) in [7, 11) is 0. The Labute approximate surface area is 118 Å². The van der Waals surface area contributed by atoms with Crippen molar-refractivity contribution in [2.75, 3.05) is 19.7 Å². The van der Waals surface area contributed by atoms with Crippen LogP contribution in [0.2, 0.25) is 0 Å². The Morgan fingerprint density at radius 1 is 1.45 bits per heavy atom. The maximum atomic E-state index is 12.5. The van der Waals surface area contributed by atoms with Gasteiger partial charge in [-0.1, -0.05) is 5.16 Å². The van der Waals surface area contributed by atoms with E-state index in [4.69, 9.17) is 9.26 Å². The predicted molar refractivity (Wildman–Crippen MR) is 71.2 cm³/mol. The molecule has 0 unspecified atom stereocenters. The van der Waals surface area contributed by atoms with Crippen LogP contribution in [0.25, 0.3) is 0 Å². The lowest BCUT2D eigenvalue weighted by atomic mass is 9.97. The molecule has 2 rings (SSSR count). The first-order chi connectivity index (χ1) is 9.54. The summed E-state index contributed by atoms with van der Waals surface area (Å²) in [5, 5.41) is 3.80. The maximum absolute atomic E-state index is 12.5. The van der Waals surface area contributed by atoms with Gasteiger partial charge in [-0.3, -0.25) is 9.59 Å². The topological polar surface area (TPSA) is 72.6 Å². The van der Waals surface area contributed by atoms with E-state index >= 15 is 0 Å². The highest BCUT2D eigenvalue weighted by atomic mass is 16.5. The Kier molecular flexibility index (Phi) is 4.42. The van der Waals surface area contributed by atoms with E-state index in [9.17, 15) is 9.59 Å². The van der Waals surface area contributed by atoms with Crippen LogP contribution in [-0.4, -0.2) is 41.6 Å². The fourth-order valence-corrected chi connectivity index (χ4v) is 2.56. The number of hydrogen-bond donors (Lipinski definition) is 0. The smallest absolute Gasteiger partial charge is 0.310 e. The molecule has 0 spiro atoms. The molecule has 0 aromatic carbocycles. The van der Waals surface area contributed by atoms with Crippen molar-refractivity contribution in [2.24, 2.45) is 5.92 Å². The minimum Gasteiger partial charge on any atom is -0.466 e. The van der Waals surface area contributed by atoms with Gasteiger partial charge in [0.2, 0.25) is 0 Å². The van der Waals surface area contributed by atoms with E-state index in [1.54, 1.807) is 25.7 Å². The zero-order chi connectivity index (χ0) is 14.7. The fraction of sp³-hybridized carbons (Fsp3) is 0.643. The van der Waals surface area contributed by atoms with Gasteiger partial charge >= 0.3 is 5.97 Å². The maximum Gasteiger partial charge on any atom is 0.310 e. The molecule has 1 amide bonds. The van der Waals surface area contributed by atoms with Gasteiger partial charge in [0.15, 0.2) is 0 Å². The van der Waals surface area contributed by atoms with Crippen LogP contribution in [0.4, 0.5) is 0 Å². The lowest BCUT2D eigenvalue weighted by Gasteiger charge is -2.31. The van der Waals surface area contributed by atoms with Gasteiger partial charge in [-0.15, -0.1) is 0 Å². The fourth-order valence-electron chi connectivity index (χ4n) is 2.56. The Balaban J connectivity index is 2.09. The summed E-state index contributed by atoms with van der Waals surface area (Å²) in [6.07, 6.45) is 1.57. The number of ether oxygens (including phenoxy) is 1. The third-order valence-corrected chi connectivity index (χ3v) is 3.58. The van der Waals surface area contributed by atoms with Crippen LogP contribution >= 0.6 is 0 Å². The highest BCUT2D eigenvalue weighted by Gasteiger charge is 2.31. The summed E-state index contributed by atoms with van der Waals surface area (Å²) in [6.45, 7) is 6.68. The molecule has 20 heavy (non-hydrogen) atoms. The Bertz CT molecular complexity index is 490. The number of aromatic nitrogens is 1. The molecule has 6 nitrogen and oxygen atoms in total. The zero-order valence-electron chi connectivity index (χ0n) is 12.1. The molecule has 1 saturated heterocycles. The molecule has 0 N–H and O–H groups in total. The normalized spacial score (nSPS) is 18.9. The van der Waals surface area contributed by atoms with Gasteiger partial charge in [-0.25, -0.2) is 0 Å². The van der Waals surface area contributed by atoms with Crippen LogP contribution in [0, 0.1) is 19.8 Å². The number of nitrogens with zero attached hydrogens (tertiary/aromatic N) is 2. The van der Waals surface area contributed by atoms with E-state index in [2.05, 4.69) is 5.16 Å². The van der Waals surface area contributed by atoms with E-state index in [0.717, 1.165) is 12.8 Å².